The topological polar surface area (TPSA) is 99.1 Å². The number of anilines is 1. The van der Waals surface area contributed by atoms with Gasteiger partial charge >= 0.3 is 0 Å². The van der Waals surface area contributed by atoms with Crippen molar-refractivity contribution in [3.05, 3.63) is 48.5 Å². The van der Waals surface area contributed by atoms with Gasteiger partial charge in [-0.2, -0.15) is 4.98 Å². The Bertz CT molecular complexity index is 915. The van der Waals surface area contributed by atoms with Gasteiger partial charge in [0, 0.05) is 17.5 Å². The van der Waals surface area contributed by atoms with E-state index in [0.717, 1.165) is 6.26 Å². The zero-order valence-electron chi connectivity index (χ0n) is 11.7. The van der Waals surface area contributed by atoms with Gasteiger partial charge < -0.3 is 10.3 Å². The molecule has 0 aliphatic heterocycles. The van der Waals surface area contributed by atoms with Crippen LogP contribution in [0.25, 0.3) is 22.8 Å². The van der Waals surface area contributed by atoms with E-state index in [4.69, 9.17) is 10.3 Å². The van der Waals surface area contributed by atoms with Crippen LogP contribution in [0.15, 0.2) is 57.9 Å². The number of para-hydroxylation sites is 1. The minimum absolute atomic E-state index is 0.243. The molecule has 3 aromatic rings. The number of nitrogens with zero attached hydrogens (tertiary/aromatic N) is 2. The zero-order chi connectivity index (χ0) is 15.7. The highest BCUT2D eigenvalue weighted by molar-refractivity contribution is 7.90. The summed E-state index contributed by atoms with van der Waals surface area (Å²) in [4.78, 5) is 4.54. The molecule has 0 saturated carbocycles. The van der Waals surface area contributed by atoms with Crippen LogP contribution in [0.2, 0.25) is 0 Å². The molecular weight excluding hydrogens is 302 g/mol. The van der Waals surface area contributed by atoms with Crippen molar-refractivity contribution in [2.45, 2.75) is 4.90 Å². The quantitative estimate of drug-likeness (QED) is 0.745. The summed E-state index contributed by atoms with van der Waals surface area (Å²) in [5.41, 5.74) is 7.75. The molecule has 0 unspecified atom stereocenters. The maximum atomic E-state index is 11.4. The molecule has 3 rings (SSSR count). The number of hydrogen-bond acceptors (Lipinski definition) is 6. The fourth-order valence-electron chi connectivity index (χ4n) is 1.99. The van der Waals surface area contributed by atoms with E-state index in [9.17, 15) is 8.42 Å². The van der Waals surface area contributed by atoms with Gasteiger partial charge in [0.2, 0.25) is 5.82 Å². The molecule has 2 aromatic carbocycles. The van der Waals surface area contributed by atoms with Crippen LogP contribution in [0.5, 0.6) is 0 Å². The Labute approximate surface area is 127 Å². The summed E-state index contributed by atoms with van der Waals surface area (Å²) in [6.07, 6.45) is 1.16. The summed E-state index contributed by atoms with van der Waals surface area (Å²) in [5.74, 6) is 0.693. The first-order chi connectivity index (χ1) is 10.4. The molecular formula is C15H13N3O3S. The molecule has 0 bridgehead atoms. The van der Waals surface area contributed by atoms with Gasteiger partial charge in [0.15, 0.2) is 9.84 Å². The third-order valence-corrected chi connectivity index (χ3v) is 4.29. The van der Waals surface area contributed by atoms with E-state index >= 15 is 0 Å². The summed E-state index contributed by atoms with van der Waals surface area (Å²) < 4.78 is 28.1. The van der Waals surface area contributed by atoms with Crippen molar-refractivity contribution in [3.63, 3.8) is 0 Å². The van der Waals surface area contributed by atoms with Gasteiger partial charge in [-0.3, -0.25) is 0 Å². The Hall–Kier alpha value is -2.67. The fourth-order valence-corrected chi connectivity index (χ4v) is 2.62. The lowest BCUT2D eigenvalue weighted by Gasteiger charge is -1.99. The van der Waals surface area contributed by atoms with Crippen molar-refractivity contribution < 1.29 is 12.9 Å². The molecule has 0 fully saturated rings. The molecule has 0 radical (unpaired) electrons. The van der Waals surface area contributed by atoms with Crippen molar-refractivity contribution in [1.82, 2.24) is 10.1 Å². The first-order valence-corrected chi connectivity index (χ1v) is 8.33. The number of hydrogen-bond donors (Lipinski definition) is 1. The Balaban J connectivity index is 1.96. The van der Waals surface area contributed by atoms with Gasteiger partial charge in [-0.1, -0.05) is 17.3 Å². The Morgan fingerprint density at radius 2 is 1.73 bits per heavy atom. The van der Waals surface area contributed by atoms with Crippen molar-refractivity contribution in [2.24, 2.45) is 0 Å². The molecule has 7 heteroatoms. The van der Waals surface area contributed by atoms with Crippen LogP contribution in [0.4, 0.5) is 5.69 Å². The summed E-state index contributed by atoms with van der Waals surface area (Å²) in [6, 6.07) is 13.5. The molecule has 0 saturated heterocycles. The first-order valence-electron chi connectivity index (χ1n) is 6.44. The summed E-state index contributed by atoms with van der Waals surface area (Å²) in [5, 5.41) is 3.90. The van der Waals surface area contributed by atoms with Gasteiger partial charge in [-0.05, 0) is 36.4 Å². The molecule has 0 amide bonds. The van der Waals surface area contributed by atoms with E-state index < -0.39 is 9.84 Å². The van der Waals surface area contributed by atoms with Crippen LogP contribution in [-0.4, -0.2) is 24.8 Å². The molecule has 2 N–H and O–H groups in total. The summed E-state index contributed by atoms with van der Waals surface area (Å²) >= 11 is 0. The number of sulfone groups is 1. The predicted octanol–water partition coefficient (Wildman–Crippen LogP) is 2.39. The minimum Gasteiger partial charge on any atom is -0.398 e. The van der Waals surface area contributed by atoms with Crippen LogP contribution < -0.4 is 5.73 Å². The average Bonchev–Trinajstić information content (AvgIpc) is 2.96. The molecule has 1 aromatic heterocycles. The second-order valence-corrected chi connectivity index (χ2v) is 6.82. The van der Waals surface area contributed by atoms with Crippen LogP contribution in [0.3, 0.4) is 0 Å². The second kappa shape index (κ2) is 5.27. The lowest BCUT2D eigenvalue weighted by atomic mass is 10.2. The minimum atomic E-state index is -3.23. The number of aromatic nitrogens is 2. The molecule has 0 spiro atoms. The molecule has 0 atom stereocenters. The second-order valence-electron chi connectivity index (χ2n) is 4.81. The van der Waals surface area contributed by atoms with Gasteiger partial charge in [0.25, 0.3) is 5.89 Å². The van der Waals surface area contributed by atoms with E-state index in [-0.39, 0.29) is 4.90 Å². The van der Waals surface area contributed by atoms with E-state index in [1.54, 1.807) is 24.3 Å². The third kappa shape index (κ3) is 2.71. The predicted molar refractivity (Wildman–Crippen MR) is 82.7 cm³/mol. The molecule has 112 valence electrons. The number of rotatable bonds is 3. The molecule has 0 aliphatic carbocycles. The van der Waals surface area contributed by atoms with Gasteiger partial charge in [0.1, 0.15) is 0 Å². The Morgan fingerprint density at radius 3 is 2.36 bits per heavy atom. The molecule has 6 nitrogen and oxygen atoms in total. The lowest BCUT2D eigenvalue weighted by molar-refractivity contribution is 0.432. The lowest BCUT2D eigenvalue weighted by Crippen LogP contribution is -1.96. The maximum Gasteiger partial charge on any atom is 0.260 e. The van der Waals surface area contributed by atoms with Gasteiger partial charge in [-0.15, -0.1) is 0 Å². The first kappa shape index (κ1) is 14.3. The van der Waals surface area contributed by atoms with Crippen molar-refractivity contribution in [2.75, 3.05) is 12.0 Å². The van der Waals surface area contributed by atoms with E-state index in [2.05, 4.69) is 10.1 Å². The standard InChI is InChI=1S/C15H13N3O3S/c1-22(19,20)11-8-6-10(7-9-11)14-17-15(21-18-14)12-4-2-3-5-13(12)16/h2-9H,16H2,1H3. The highest BCUT2D eigenvalue weighted by Gasteiger charge is 2.13. The molecule has 1 heterocycles. The molecule has 0 aliphatic rings. The number of nitrogen functional groups attached to an aromatic ring is 1. The van der Waals surface area contributed by atoms with Crippen LogP contribution >= 0.6 is 0 Å². The summed E-state index contributed by atoms with van der Waals surface area (Å²) in [7, 11) is -3.23. The van der Waals surface area contributed by atoms with Crippen LogP contribution in [0.1, 0.15) is 0 Å². The maximum absolute atomic E-state index is 11.4. The van der Waals surface area contributed by atoms with Crippen LogP contribution in [0, 0.1) is 0 Å². The van der Waals surface area contributed by atoms with E-state index in [1.807, 2.05) is 12.1 Å². The van der Waals surface area contributed by atoms with Gasteiger partial charge in [0.05, 0.1) is 10.5 Å². The van der Waals surface area contributed by atoms with Crippen LogP contribution in [-0.2, 0) is 9.84 Å². The average molecular weight is 315 g/mol. The SMILES string of the molecule is CS(=O)(=O)c1ccc(-c2noc(-c3ccccc3N)n2)cc1. The van der Waals surface area contributed by atoms with E-state index in [1.165, 1.54) is 12.1 Å². The third-order valence-electron chi connectivity index (χ3n) is 3.16. The number of benzene rings is 2. The highest BCUT2D eigenvalue weighted by atomic mass is 32.2. The fraction of sp³-hybridized carbons (Fsp3) is 0.0667. The van der Waals surface area contributed by atoms with Crippen molar-refractivity contribution in [3.8, 4) is 22.8 Å². The van der Waals surface area contributed by atoms with E-state index in [0.29, 0.717) is 28.5 Å². The zero-order valence-corrected chi connectivity index (χ0v) is 12.5. The number of nitrogens with two attached hydrogens (primary N) is 1. The Morgan fingerprint density at radius 1 is 1.05 bits per heavy atom. The van der Waals surface area contributed by atoms with Crippen molar-refractivity contribution in [1.29, 1.82) is 0 Å². The Kier molecular flexibility index (Phi) is 3.42. The molecule has 22 heavy (non-hydrogen) atoms. The largest absolute Gasteiger partial charge is 0.398 e. The normalized spacial score (nSPS) is 11.5. The van der Waals surface area contributed by atoms with Crippen molar-refractivity contribution >= 4 is 15.5 Å². The van der Waals surface area contributed by atoms with Gasteiger partial charge in [-0.25, -0.2) is 8.42 Å². The highest BCUT2D eigenvalue weighted by Crippen LogP contribution is 2.26. The summed E-state index contributed by atoms with van der Waals surface area (Å²) in [6.45, 7) is 0. The smallest absolute Gasteiger partial charge is 0.260 e. The monoisotopic (exact) mass is 315 g/mol.